The topological polar surface area (TPSA) is 69.0 Å². The molecule has 0 aliphatic rings. The Morgan fingerprint density at radius 3 is 2.72 bits per heavy atom. The number of methoxy groups -OCH3 is 1. The average molecular weight is 336 g/mol. The summed E-state index contributed by atoms with van der Waals surface area (Å²) in [6.45, 7) is 3.93. The third-order valence-corrected chi connectivity index (χ3v) is 4.07. The van der Waals surface area contributed by atoms with Gasteiger partial charge >= 0.3 is 0 Å². The molecule has 6 nitrogen and oxygen atoms in total. The molecule has 0 fully saturated rings. The molecule has 0 bridgehead atoms. The molecule has 25 heavy (non-hydrogen) atoms. The van der Waals surface area contributed by atoms with E-state index in [1.165, 1.54) is 7.11 Å². The lowest BCUT2D eigenvalue weighted by molar-refractivity contribution is 0.0939. The minimum atomic E-state index is -0.180. The number of amides is 1. The van der Waals surface area contributed by atoms with Crippen LogP contribution in [0, 0.1) is 6.92 Å². The van der Waals surface area contributed by atoms with Gasteiger partial charge in [-0.3, -0.25) is 4.79 Å². The highest BCUT2D eigenvalue weighted by Gasteiger charge is 2.17. The third kappa shape index (κ3) is 3.52. The Labute approximate surface area is 146 Å². The molecule has 0 saturated carbocycles. The van der Waals surface area contributed by atoms with E-state index in [1.54, 1.807) is 24.5 Å². The van der Waals surface area contributed by atoms with Gasteiger partial charge in [-0.05, 0) is 32.0 Å². The van der Waals surface area contributed by atoms with Crippen molar-refractivity contribution in [3.05, 3.63) is 71.7 Å². The molecule has 3 rings (SSSR count). The fraction of sp³-hybridized carbons (Fsp3) is 0.211. The van der Waals surface area contributed by atoms with Crippen molar-refractivity contribution in [1.29, 1.82) is 0 Å². The van der Waals surface area contributed by atoms with Gasteiger partial charge in [0.2, 0.25) is 5.88 Å². The highest BCUT2D eigenvalue weighted by molar-refractivity contribution is 5.94. The van der Waals surface area contributed by atoms with Crippen LogP contribution in [0.5, 0.6) is 5.88 Å². The summed E-state index contributed by atoms with van der Waals surface area (Å²) in [6, 6.07) is 13.0. The van der Waals surface area contributed by atoms with Crippen molar-refractivity contribution < 1.29 is 9.53 Å². The number of nitrogens with one attached hydrogen (secondary N) is 1. The lowest BCUT2D eigenvalue weighted by atomic mass is 10.1. The van der Waals surface area contributed by atoms with Crippen LogP contribution < -0.4 is 10.1 Å². The minimum Gasteiger partial charge on any atom is -0.481 e. The Morgan fingerprint density at radius 1 is 1.24 bits per heavy atom. The van der Waals surface area contributed by atoms with Crippen LogP contribution in [0.2, 0.25) is 0 Å². The van der Waals surface area contributed by atoms with Crippen LogP contribution >= 0.6 is 0 Å². The molecule has 6 heteroatoms. The number of pyridine rings is 1. The molecule has 0 radical (unpaired) electrons. The fourth-order valence-electron chi connectivity index (χ4n) is 2.70. The van der Waals surface area contributed by atoms with Gasteiger partial charge in [-0.2, -0.15) is 5.10 Å². The number of carbonyl (C=O) groups excluding carboxylic acids is 1. The molecule has 1 atom stereocenters. The zero-order chi connectivity index (χ0) is 17.8. The molecule has 128 valence electrons. The van der Waals surface area contributed by atoms with Crippen LogP contribution in [0.25, 0.3) is 5.69 Å². The quantitative estimate of drug-likeness (QED) is 0.777. The fourth-order valence-corrected chi connectivity index (χ4v) is 2.70. The van der Waals surface area contributed by atoms with Crippen molar-refractivity contribution in [2.75, 3.05) is 7.11 Å². The van der Waals surface area contributed by atoms with Crippen molar-refractivity contribution >= 4 is 5.91 Å². The molecule has 2 heterocycles. The second kappa shape index (κ2) is 7.17. The van der Waals surface area contributed by atoms with Crippen LogP contribution in [0.3, 0.4) is 0 Å². The van der Waals surface area contributed by atoms with Gasteiger partial charge in [0, 0.05) is 29.1 Å². The van der Waals surface area contributed by atoms with Gasteiger partial charge in [-0.15, -0.1) is 0 Å². The van der Waals surface area contributed by atoms with Crippen LogP contribution in [0.4, 0.5) is 0 Å². The van der Waals surface area contributed by atoms with Crippen LogP contribution in [-0.4, -0.2) is 27.8 Å². The first-order chi connectivity index (χ1) is 12.1. The monoisotopic (exact) mass is 336 g/mol. The van der Waals surface area contributed by atoms with Crippen molar-refractivity contribution in [3.8, 4) is 11.6 Å². The highest BCUT2D eigenvalue weighted by atomic mass is 16.5. The van der Waals surface area contributed by atoms with Gasteiger partial charge in [-0.25, -0.2) is 9.67 Å². The smallest absolute Gasteiger partial charge is 0.252 e. The van der Waals surface area contributed by atoms with E-state index in [9.17, 15) is 4.79 Å². The predicted molar refractivity (Wildman–Crippen MR) is 95.0 cm³/mol. The molecule has 0 aliphatic carbocycles. The second-order valence-corrected chi connectivity index (χ2v) is 5.71. The predicted octanol–water partition coefficient (Wildman–Crippen LogP) is 3.08. The zero-order valence-electron chi connectivity index (χ0n) is 14.4. The summed E-state index contributed by atoms with van der Waals surface area (Å²) in [6.07, 6.45) is 3.34. The summed E-state index contributed by atoms with van der Waals surface area (Å²) >= 11 is 0. The number of rotatable bonds is 5. The SMILES string of the molecule is COc1cc(C(=O)NC(C)c2cnn(-c3ccccc3)c2C)ccn1. The second-order valence-electron chi connectivity index (χ2n) is 5.71. The molecule has 1 amide bonds. The third-order valence-electron chi connectivity index (χ3n) is 4.07. The van der Waals surface area contributed by atoms with Crippen LogP contribution in [0.15, 0.2) is 54.9 Å². The van der Waals surface area contributed by atoms with Gasteiger partial charge in [0.1, 0.15) is 0 Å². The molecular formula is C19H20N4O2. The number of nitrogens with zero attached hydrogens (tertiary/aromatic N) is 3. The maximum Gasteiger partial charge on any atom is 0.252 e. The average Bonchev–Trinajstić information content (AvgIpc) is 3.04. The number of para-hydroxylation sites is 1. The van der Waals surface area contributed by atoms with Gasteiger partial charge < -0.3 is 10.1 Å². The molecule has 0 aliphatic heterocycles. The summed E-state index contributed by atoms with van der Waals surface area (Å²) in [5, 5.41) is 7.44. The molecule has 3 aromatic rings. The van der Waals surface area contributed by atoms with Crippen LogP contribution in [0.1, 0.15) is 34.6 Å². The lowest BCUT2D eigenvalue weighted by Crippen LogP contribution is -2.27. The van der Waals surface area contributed by atoms with E-state index in [4.69, 9.17) is 4.74 Å². The maximum atomic E-state index is 12.5. The van der Waals surface area contributed by atoms with E-state index >= 15 is 0 Å². The molecule has 1 N–H and O–H groups in total. The molecule has 2 aromatic heterocycles. The largest absolute Gasteiger partial charge is 0.481 e. The standard InChI is InChI=1S/C19H20N4O2/c1-13(22-19(24)15-9-10-20-18(11-15)25-3)17-12-21-23(14(17)2)16-7-5-4-6-8-16/h4-13H,1-3H3,(H,22,24). The first-order valence-corrected chi connectivity index (χ1v) is 8.01. The number of ether oxygens (including phenoxy) is 1. The van der Waals surface area contributed by atoms with Crippen molar-refractivity contribution in [1.82, 2.24) is 20.1 Å². The summed E-state index contributed by atoms with van der Waals surface area (Å²) in [7, 11) is 1.52. The Hall–Kier alpha value is -3.15. The van der Waals surface area contributed by atoms with E-state index in [1.807, 2.05) is 48.9 Å². The zero-order valence-corrected chi connectivity index (χ0v) is 14.4. The van der Waals surface area contributed by atoms with Crippen molar-refractivity contribution in [2.45, 2.75) is 19.9 Å². The van der Waals surface area contributed by atoms with Gasteiger partial charge in [-0.1, -0.05) is 18.2 Å². The summed E-state index contributed by atoms with van der Waals surface area (Å²) in [5.41, 5.74) is 3.46. The Morgan fingerprint density at radius 2 is 2.00 bits per heavy atom. The van der Waals surface area contributed by atoms with Gasteiger partial charge in [0.15, 0.2) is 0 Å². The number of carbonyl (C=O) groups is 1. The summed E-state index contributed by atoms with van der Waals surface area (Å²) < 4.78 is 6.93. The highest BCUT2D eigenvalue weighted by Crippen LogP contribution is 2.20. The van der Waals surface area contributed by atoms with Gasteiger partial charge in [0.25, 0.3) is 5.91 Å². The normalized spacial score (nSPS) is 11.8. The molecule has 1 unspecified atom stereocenters. The molecule has 0 spiro atoms. The van der Waals surface area contributed by atoms with Crippen molar-refractivity contribution in [2.24, 2.45) is 0 Å². The van der Waals surface area contributed by atoms with E-state index in [-0.39, 0.29) is 11.9 Å². The molecular weight excluding hydrogens is 316 g/mol. The van der Waals surface area contributed by atoms with Crippen LogP contribution in [-0.2, 0) is 0 Å². The number of benzene rings is 1. The van der Waals surface area contributed by atoms with E-state index in [2.05, 4.69) is 15.4 Å². The minimum absolute atomic E-state index is 0.177. The Balaban J connectivity index is 1.78. The van der Waals surface area contributed by atoms with E-state index in [0.29, 0.717) is 11.4 Å². The molecule has 1 aromatic carbocycles. The van der Waals surface area contributed by atoms with E-state index < -0.39 is 0 Å². The Kier molecular flexibility index (Phi) is 4.79. The van der Waals surface area contributed by atoms with E-state index in [0.717, 1.165) is 16.9 Å². The number of hydrogen-bond acceptors (Lipinski definition) is 4. The van der Waals surface area contributed by atoms with Gasteiger partial charge in [0.05, 0.1) is 25.0 Å². The number of hydrogen-bond donors (Lipinski definition) is 1. The Bertz CT molecular complexity index is 874. The number of aromatic nitrogens is 3. The summed E-state index contributed by atoms with van der Waals surface area (Å²) in [4.78, 5) is 16.5. The first kappa shape index (κ1) is 16.7. The summed E-state index contributed by atoms with van der Waals surface area (Å²) in [5.74, 6) is 0.230. The lowest BCUT2D eigenvalue weighted by Gasteiger charge is -2.14. The van der Waals surface area contributed by atoms with Crippen molar-refractivity contribution in [3.63, 3.8) is 0 Å². The maximum absolute atomic E-state index is 12.5. The molecule has 0 saturated heterocycles. The first-order valence-electron chi connectivity index (χ1n) is 8.01.